The third-order valence-electron chi connectivity index (χ3n) is 3.94. The van der Waals surface area contributed by atoms with Gasteiger partial charge in [0.15, 0.2) is 0 Å². The van der Waals surface area contributed by atoms with Crippen molar-refractivity contribution < 1.29 is 4.79 Å². The fraction of sp³-hybridized carbons (Fsp3) is 0.562. The van der Waals surface area contributed by atoms with Gasteiger partial charge in [0.2, 0.25) is 5.91 Å². The van der Waals surface area contributed by atoms with Crippen LogP contribution in [0.15, 0.2) is 24.3 Å². The molecule has 3 nitrogen and oxygen atoms in total. The molecule has 104 valence electrons. The van der Waals surface area contributed by atoms with Gasteiger partial charge in [0.25, 0.3) is 0 Å². The van der Waals surface area contributed by atoms with E-state index >= 15 is 0 Å². The average molecular weight is 260 g/mol. The zero-order chi connectivity index (χ0) is 13.9. The lowest BCUT2D eigenvalue weighted by atomic mass is 9.82. The van der Waals surface area contributed by atoms with Crippen LogP contribution in [-0.2, 0) is 10.2 Å². The standard InChI is InChI=1S/C16H24N2O/c1-13-5-7-14(8-6-13)16(2,3)15(19)18-11-4-9-17-10-12-18/h5-8,17H,4,9-12H2,1-3H3. The fourth-order valence-electron chi connectivity index (χ4n) is 2.54. The quantitative estimate of drug-likeness (QED) is 0.883. The number of benzene rings is 1. The maximum atomic E-state index is 12.8. The SMILES string of the molecule is Cc1ccc(C(C)(C)C(=O)N2CCCNCC2)cc1. The van der Waals surface area contributed by atoms with Crippen molar-refractivity contribution in [1.82, 2.24) is 10.2 Å². The highest BCUT2D eigenvalue weighted by atomic mass is 16.2. The van der Waals surface area contributed by atoms with Crippen LogP contribution in [0.3, 0.4) is 0 Å². The van der Waals surface area contributed by atoms with Gasteiger partial charge < -0.3 is 10.2 Å². The second kappa shape index (κ2) is 5.74. The first-order valence-corrected chi connectivity index (χ1v) is 7.09. The van der Waals surface area contributed by atoms with Gasteiger partial charge in [0.1, 0.15) is 0 Å². The van der Waals surface area contributed by atoms with E-state index in [1.807, 2.05) is 18.7 Å². The normalized spacial score (nSPS) is 17.1. The van der Waals surface area contributed by atoms with Crippen LogP contribution in [0.4, 0.5) is 0 Å². The Labute approximate surface area is 116 Å². The second-order valence-corrected chi connectivity index (χ2v) is 5.89. The number of aryl methyl sites for hydroxylation is 1. The molecule has 0 saturated carbocycles. The number of hydrogen-bond acceptors (Lipinski definition) is 2. The van der Waals surface area contributed by atoms with Gasteiger partial charge in [-0.25, -0.2) is 0 Å². The molecule has 19 heavy (non-hydrogen) atoms. The number of nitrogens with one attached hydrogen (secondary N) is 1. The van der Waals surface area contributed by atoms with Crippen molar-refractivity contribution in [2.75, 3.05) is 26.2 Å². The molecule has 0 radical (unpaired) electrons. The minimum Gasteiger partial charge on any atom is -0.341 e. The van der Waals surface area contributed by atoms with Crippen molar-refractivity contribution in [2.45, 2.75) is 32.6 Å². The molecular formula is C16H24N2O. The summed E-state index contributed by atoms with van der Waals surface area (Å²) in [5.74, 6) is 0.236. The Hall–Kier alpha value is -1.35. The Kier molecular flexibility index (Phi) is 4.25. The van der Waals surface area contributed by atoms with Gasteiger partial charge in [0, 0.05) is 19.6 Å². The van der Waals surface area contributed by atoms with Crippen LogP contribution >= 0.6 is 0 Å². The Bertz CT molecular complexity index is 429. The molecule has 0 aromatic heterocycles. The molecule has 0 aliphatic carbocycles. The molecular weight excluding hydrogens is 236 g/mol. The molecule has 1 aliphatic rings. The largest absolute Gasteiger partial charge is 0.341 e. The molecule has 1 N–H and O–H groups in total. The minimum absolute atomic E-state index is 0.236. The highest BCUT2D eigenvalue weighted by Crippen LogP contribution is 2.26. The van der Waals surface area contributed by atoms with Crippen LogP contribution in [0.2, 0.25) is 0 Å². The summed E-state index contributed by atoms with van der Waals surface area (Å²) in [4.78, 5) is 14.8. The van der Waals surface area contributed by atoms with Crippen LogP contribution in [0.5, 0.6) is 0 Å². The zero-order valence-corrected chi connectivity index (χ0v) is 12.2. The van der Waals surface area contributed by atoms with E-state index in [-0.39, 0.29) is 5.91 Å². The Morgan fingerprint density at radius 1 is 1.16 bits per heavy atom. The highest BCUT2D eigenvalue weighted by molar-refractivity contribution is 5.87. The maximum absolute atomic E-state index is 12.8. The van der Waals surface area contributed by atoms with Crippen LogP contribution in [0.1, 0.15) is 31.4 Å². The lowest BCUT2D eigenvalue weighted by Gasteiger charge is -2.31. The minimum atomic E-state index is -0.446. The summed E-state index contributed by atoms with van der Waals surface area (Å²) in [7, 11) is 0. The number of amides is 1. The van der Waals surface area contributed by atoms with Crippen molar-refractivity contribution in [2.24, 2.45) is 0 Å². The van der Waals surface area contributed by atoms with Gasteiger partial charge >= 0.3 is 0 Å². The molecule has 1 amide bonds. The molecule has 0 atom stereocenters. The molecule has 1 saturated heterocycles. The molecule has 1 aromatic rings. The summed E-state index contributed by atoms with van der Waals surface area (Å²) < 4.78 is 0. The smallest absolute Gasteiger partial charge is 0.232 e. The van der Waals surface area contributed by atoms with E-state index < -0.39 is 5.41 Å². The van der Waals surface area contributed by atoms with E-state index in [1.165, 1.54) is 5.56 Å². The summed E-state index contributed by atoms with van der Waals surface area (Å²) in [6.07, 6.45) is 1.04. The summed E-state index contributed by atoms with van der Waals surface area (Å²) in [5.41, 5.74) is 1.88. The zero-order valence-electron chi connectivity index (χ0n) is 12.2. The first kappa shape index (κ1) is 14.1. The third kappa shape index (κ3) is 3.16. The molecule has 3 heteroatoms. The van der Waals surface area contributed by atoms with Crippen LogP contribution in [0, 0.1) is 6.92 Å². The number of nitrogens with zero attached hydrogens (tertiary/aromatic N) is 1. The predicted octanol–water partition coefficient (Wildman–Crippen LogP) is 2.09. The molecule has 1 heterocycles. The van der Waals surface area contributed by atoms with E-state index in [1.54, 1.807) is 0 Å². The van der Waals surface area contributed by atoms with Gasteiger partial charge in [-0.05, 0) is 39.3 Å². The molecule has 1 aliphatic heterocycles. The molecule has 0 bridgehead atoms. The fourth-order valence-corrected chi connectivity index (χ4v) is 2.54. The van der Waals surface area contributed by atoms with Crippen molar-refractivity contribution in [1.29, 1.82) is 0 Å². The van der Waals surface area contributed by atoms with Crippen LogP contribution in [-0.4, -0.2) is 37.0 Å². The summed E-state index contributed by atoms with van der Waals surface area (Å²) >= 11 is 0. The Balaban J connectivity index is 2.17. The van der Waals surface area contributed by atoms with E-state index in [0.717, 1.165) is 38.2 Å². The number of hydrogen-bond donors (Lipinski definition) is 1. The molecule has 2 rings (SSSR count). The van der Waals surface area contributed by atoms with Gasteiger partial charge in [0.05, 0.1) is 5.41 Å². The third-order valence-corrected chi connectivity index (χ3v) is 3.94. The average Bonchev–Trinajstić information content (AvgIpc) is 2.67. The van der Waals surface area contributed by atoms with Gasteiger partial charge in [-0.15, -0.1) is 0 Å². The van der Waals surface area contributed by atoms with E-state index in [2.05, 4.69) is 36.5 Å². The van der Waals surface area contributed by atoms with Gasteiger partial charge in [-0.3, -0.25) is 4.79 Å². The summed E-state index contributed by atoms with van der Waals surface area (Å²) in [6.45, 7) is 9.70. The Morgan fingerprint density at radius 3 is 2.53 bits per heavy atom. The van der Waals surface area contributed by atoms with Crippen molar-refractivity contribution >= 4 is 5.91 Å². The Morgan fingerprint density at radius 2 is 1.84 bits per heavy atom. The van der Waals surface area contributed by atoms with E-state index in [4.69, 9.17) is 0 Å². The van der Waals surface area contributed by atoms with Crippen LogP contribution in [0.25, 0.3) is 0 Å². The number of carbonyl (C=O) groups excluding carboxylic acids is 1. The summed E-state index contributed by atoms with van der Waals surface area (Å²) in [6, 6.07) is 8.30. The first-order chi connectivity index (χ1) is 9.01. The number of carbonyl (C=O) groups is 1. The highest BCUT2D eigenvalue weighted by Gasteiger charge is 2.33. The lowest BCUT2D eigenvalue weighted by molar-refractivity contribution is -0.136. The van der Waals surface area contributed by atoms with Crippen molar-refractivity contribution in [3.63, 3.8) is 0 Å². The second-order valence-electron chi connectivity index (χ2n) is 5.89. The number of rotatable bonds is 2. The van der Waals surface area contributed by atoms with E-state index in [0.29, 0.717) is 0 Å². The molecule has 0 spiro atoms. The maximum Gasteiger partial charge on any atom is 0.232 e. The van der Waals surface area contributed by atoms with Crippen molar-refractivity contribution in [3.05, 3.63) is 35.4 Å². The molecule has 1 fully saturated rings. The van der Waals surface area contributed by atoms with E-state index in [9.17, 15) is 4.79 Å². The lowest BCUT2D eigenvalue weighted by Crippen LogP contribution is -2.44. The molecule has 1 aromatic carbocycles. The predicted molar refractivity (Wildman–Crippen MR) is 78.3 cm³/mol. The first-order valence-electron chi connectivity index (χ1n) is 7.09. The monoisotopic (exact) mass is 260 g/mol. The van der Waals surface area contributed by atoms with Gasteiger partial charge in [-0.2, -0.15) is 0 Å². The van der Waals surface area contributed by atoms with Crippen molar-refractivity contribution in [3.8, 4) is 0 Å². The topological polar surface area (TPSA) is 32.3 Å². The van der Waals surface area contributed by atoms with Crippen LogP contribution < -0.4 is 5.32 Å². The summed E-state index contributed by atoms with van der Waals surface area (Å²) in [5, 5.41) is 3.34. The molecule has 0 unspecified atom stereocenters. The van der Waals surface area contributed by atoms with Gasteiger partial charge in [-0.1, -0.05) is 29.8 Å².